The molecule has 0 fully saturated rings. The van der Waals surface area contributed by atoms with Crippen LogP contribution in [0.2, 0.25) is 0 Å². The van der Waals surface area contributed by atoms with Gasteiger partial charge < -0.3 is 9.47 Å². The first kappa shape index (κ1) is 21.4. The van der Waals surface area contributed by atoms with Gasteiger partial charge in [0.2, 0.25) is 0 Å². The highest BCUT2D eigenvalue weighted by Gasteiger charge is 2.44. The first-order chi connectivity index (χ1) is 11.1. The maximum atomic E-state index is 12.8. The number of allylic oxidation sites excluding steroid dienone is 1. The van der Waals surface area contributed by atoms with E-state index in [1.54, 1.807) is 6.92 Å². The molecule has 5 heteroatoms. The molecule has 0 saturated heterocycles. The first-order valence-electron chi connectivity index (χ1n) is 8.86. The van der Waals surface area contributed by atoms with Gasteiger partial charge in [0.15, 0.2) is 0 Å². The van der Waals surface area contributed by atoms with Crippen molar-refractivity contribution >= 4 is 17.7 Å². The average molecular weight is 351 g/mol. The van der Waals surface area contributed by atoms with Gasteiger partial charge in [-0.25, -0.2) is 4.79 Å². The number of hydrogen-bond donors (Lipinski definition) is 0. The Kier molecular flexibility index (Phi) is 6.25. The van der Waals surface area contributed by atoms with Crippen LogP contribution in [0.15, 0.2) is 16.3 Å². The highest BCUT2D eigenvalue weighted by Crippen LogP contribution is 2.38. The molecule has 1 heterocycles. The number of rotatable bonds is 3. The number of nitrogens with zero attached hydrogens (tertiary/aromatic N) is 1. The molecule has 0 aromatic heterocycles. The lowest BCUT2D eigenvalue weighted by molar-refractivity contribution is -0.159. The molecule has 0 saturated carbocycles. The van der Waals surface area contributed by atoms with E-state index in [0.29, 0.717) is 17.0 Å². The lowest BCUT2D eigenvalue weighted by atomic mass is 9.73. The van der Waals surface area contributed by atoms with Crippen LogP contribution in [0.25, 0.3) is 0 Å². The van der Waals surface area contributed by atoms with E-state index in [2.05, 4.69) is 4.99 Å². The quantitative estimate of drug-likeness (QED) is 0.711. The fourth-order valence-corrected chi connectivity index (χ4v) is 3.08. The molecule has 0 aliphatic carbocycles. The number of aliphatic imine (C=N–C) groups is 1. The van der Waals surface area contributed by atoms with Crippen LogP contribution in [0, 0.1) is 17.8 Å². The summed E-state index contributed by atoms with van der Waals surface area (Å²) >= 11 is 0. The molecule has 1 aliphatic heterocycles. The Bertz CT molecular complexity index is 600. The molecule has 25 heavy (non-hydrogen) atoms. The third-order valence-electron chi connectivity index (χ3n) is 3.87. The van der Waals surface area contributed by atoms with Crippen LogP contribution < -0.4 is 0 Å². The molecule has 1 unspecified atom stereocenters. The normalized spacial score (nSPS) is 22.0. The number of esters is 2. The highest BCUT2D eigenvalue weighted by atomic mass is 16.6. The van der Waals surface area contributed by atoms with Gasteiger partial charge in [-0.2, -0.15) is 0 Å². The minimum absolute atomic E-state index is 0.0560. The molecular formula is C20H33NO4. The lowest BCUT2D eigenvalue weighted by Gasteiger charge is -2.36. The predicted octanol–water partition coefficient (Wildman–Crippen LogP) is 4.31. The van der Waals surface area contributed by atoms with Crippen LogP contribution in [-0.4, -0.2) is 28.9 Å². The fraction of sp³-hybridized carbons (Fsp3) is 0.750. The van der Waals surface area contributed by atoms with E-state index in [1.807, 2.05) is 62.3 Å². The second kappa shape index (κ2) is 7.30. The van der Waals surface area contributed by atoms with Crippen LogP contribution in [0.3, 0.4) is 0 Å². The van der Waals surface area contributed by atoms with Crippen molar-refractivity contribution < 1.29 is 19.1 Å². The smallest absolute Gasteiger partial charge is 0.336 e. The molecular weight excluding hydrogens is 318 g/mol. The van der Waals surface area contributed by atoms with Crippen LogP contribution in [-0.2, 0) is 19.1 Å². The fourth-order valence-electron chi connectivity index (χ4n) is 3.08. The molecule has 0 aromatic rings. The Hall–Kier alpha value is -1.65. The molecule has 0 amide bonds. The summed E-state index contributed by atoms with van der Waals surface area (Å²) in [7, 11) is 0. The molecule has 142 valence electrons. The molecule has 1 rings (SSSR count). The third kappa shape index (κ3) is 5.68. The Morgan fingerprint density at radius 1 is 0.960 bits per heavy atom. The second-order valence-electron chi connectivity index (χ2n) is 9.04. The van der Waals surface area contributed by atoms with E-state index < -0.39 is 23.1 Å². The standard InChI is InChI=1S/C20H33NO4/c1-11(2)14-15(17(22)24-19(5,6)7)12(3)21-13(4)16(14)18(23)25-20(8,9)10/h11,14-15H,1-10H3/t14-,15?/m0/s1. The predicted molar refractivity (Wildman–Crippen MR) is 99.3 cm³/mol. The van der Waals surface area contributed by atoms with E-state index in [4.69, 9.17) is 9.47 Å². The maximum absolute atomic E-state index is 12.8. The van der Waals surface area contributed by atoms with Crippen molar-refractivity contribution in [2.24, 2.45) is 22.7 Å². The van der Waals surface area contributed by atoms with Crippen LogP contribution in [0.4, 0.5) is 0 Å². The van der Waals surface area contributed by atoms with Crippen molar-refractivity contribution in [1.29, 1.82) is 0 Å². The molecule has 0 bridgehead atoms. The molecule has 5 nitrogen and oxygen atoms in total. The van der Waals surface area contributed by atoms with Crippen LogP contribution >= 0.6 is 0 Å². The van der Waals surface area contributed by atoms with Crippen molar-refractivity contribution in [3.63, 3.8) is 0 Å². The Morgan fingerprint density at radius 2 is 1.44 bits per heavy atom. The summed E-state index contributed by atoms with van der Waals surface area (Å²) in [5.41, 5.74) is 0.569. The zero-order valence-corrected chi connectivity index (χ0v) is 17.3. The molecule has 0 N–H and O–H groups in total. The van der Waals surface area contributed by atoms with Gasteiger partial charge in [0, 0.05) is 17.3 Å². The second-order valence-corrected chi connectivity index (χ2v) is 9.04. The summed E-state index contributed by atoms with van der Waals surface area (Å²) in [5.74, 6) is -1.59. The summed E-state index contributed by atoms with van der Waals surface area (Å²) < 4.78 is 11.2. The van der Waals surface area contributed by atoms with E-state index in [9.17, 15) is 9.59 Å². The van der Waals surface area contributed by atoms with Gasteiger partial charge in [0.25, 0.3) is 0 Å². The summed E-state index contributed by atoms with van der Waals surface area (Å²) in [6.45, 7) is 18.6. The number of carbonyl (C=O) groups is 2. The maximum Gasteiger partial charge on any atom is 0.336 e. The van der Waals surface area contributed by atoms with Gasteiger partial charge >= 0.3 is 11.9 Å². The van der Waals surface area contributed by atoms with Gasteiger partial charge in [-0.1, -0.05) is 13.8 Å². The summed E-state index contributed by atoms with van der Waals surface area (Å²) in [4.78, 5) is 30.1. The molecule has 0 radical (unpaired) electrons. The van der Waals surface area contributed by atoms with Crippen molar-refractivity contribution in [1.82, 2.24) is 0 Å². The Morgan fingerprint density at radius 3 is 1.84 bits per heavy atom. The van der Waals surface area contributed by atoms with Gasteiger partial charge in [-0.15, -0.1) is 0 Å². The highest BCUT2D eigenvalue weighted by molar-refractivity contribution is 6.05. The number of ether oxygens (including phenoxy) is 2. The molecule has 0 spiro atoms. The van der Waals surface area contributed by atoms with Crippen molar-refractivity contribution in [3.8, 4) is 0 Å². The molecule has 1 aliphatic rings. The van der Waals surface area contributed by atoms with E-state index in [-0.39, 0.29) is 17.8 Å². The Labute approximate surface area is 151 Å². The van der Waals surface area contributed by atoms with E-state index in [0.717, 1.165) is 0 Å². The Balaban J connectivity index is 3.34. The van der Waals surface area contributed by atoms with Crippen LogP contribution in [0.5, 0.6) is 0 Å². The third-order valence-corrected chi connectivity index (χ3v) is 3.87. The van der Waals surface area contributed by atoms with Crippen LogP contribution in [0.1, 0.15) is 69.2 Å². The molecule has 2 atom stereocenters. The van der Waals surface area contributed by atoms with Gasteiger partial charge in [-0.05, 0) is 61.3 Å². The SMILES string of the molecule is CC1=NC(C)=C(C(=O)OC(C)(C)C)[C@@H](C(C)C)C1C(=O)OC(C)(C)C. The summed E-state index contributed by atoms with van der Waals surface area (Å²) in [6.07, 6.45) is 0. The molecule has 0 aromatic carbocycles. The lowest BCUT2D eigenvalue weighted by Crippen LogP contribution is -2.43. The minimum Gasteiger partial charge on any atom is -0.459 e. The average Bonchev–Trinajstić information content (AvgIpc) is 2.32. The van der Waals surface area contributed by atoms with E-state index in [1.165, 1.54) is 0 Å². The largest absolute Gasteiger partial charge is 0.459 e. The monoisotopic (exact) mass is 351 g/mol. The van der Waals surface area contributed by atoms with Crippen molar-refractivity contribution in [3.05, 3.63) is 11.3 Å². The summed E-state index contributed by atoms with van der Waals surface area (Å²) in [6, 6.07) is 0. The van der Waals surface area contributed by atoms with Crippen molar-refractivity contribution in [2.75, 3.05) is 0 Å². The van der Waals surface area contributed by atoms with Gasteiger partial charge in [-0.3, -0.25) is 9.79 Å². The zero-order chi connectivity index (χ0) is 19.7. The zero-order valence-electron chi connectivity index (χ0n) is 17.3. The van der Waals surface area contributed by atoms with Gasteiger partial charge in [0.05, 0.1) is 5.57 Å². The van der Waals surface area contributed by atoms with E-state index >= 15 is 0 Å². The minimum atomic E-state index is -0.608. The summed E-state index contributed by atoms with van der Waals surface area (Å²) in [5, 5.41) is 0. The van der Waals surface area contributed by atoms with Crippen molar-refractivity contribution in [2.45, 2.75) is 80.4 Å². The topological polar surface area (TPSA) is 65.0 Å². The van der Waals surface area contributed by atoms with Gasteiger partial charge in [0.1, 0.15) is 17.1 Å². The number of hydrogen-bond acceptors (Lipinski definition) is 5. The first-order valence-corrected chi connectivity index (χ1v) is 8.86. The number of carbonyl (C=O) groups excluding carboxylic acids is 2.